The molecule has 1 unspecified atom stereocenters. The molecule has 2 aromatic rings. The predicted molar refractivity (Wildman–Crippen MR) is 94.9 cm³/mol. The highest BCUT2D eigenvalue weighted by atomic mass is 16.6. The quantitative estimate of drug-likeness (QED) is 0.388. The Kier molecular flexibility index (Phi) is 6.96. The van der Waals surface area contributed by atoms with Crippen LogP contribution in [0.2, 0.25) is 0 Å². The van der Waals surface area contributed by atoms with E-state index < -0.39 is 16.9 Å². The van der Waals surface area contributed by atoms with Gasteiger partial charge in [0.05, 0.1) is 20.1 Å². The summed E-state index contributed by atoms with van der Waals surface area (Å²) in [5, 5.41) is 11.3. The first-order valence-electron chi connectivity index (χ1n) is 8.19. The molecule has 0 spiro atoms. The van der Waals surface area contributed by atoms with Crippen LogP contribution < -0.4 is 9.47 Å². The van der Waals surface area contributed by atoms with Crippen LogP contribution in [0.15, 0.2) is 48.5 Å². The van der Waals surface area contributed by atoms with Crippen molar-refractivity contribution in [1.29, 1.82) is 0 Å². The number of benzene rings is 2. The highest BCUT2D eigenvalue weighted by Crippen LogP contribution is 2.33. The zero-order chi connectivity index (χ0) is 18.9. The number of esters is 1. The second-order valence-corrected chi connectivity index (χ2v) is 5.48. The van der Waals surface area contributed by atoms with Crippen LogP contribution in [-0.2, 0) is 22.6 Å². The summed E-state index contributed by atoms with van der Waals surface area (Å²) in [7, 11) is 1.49. The van der Waals surface area contributed by atoms with E-state index in [2.05, 4.69) is 0 Å². The zero-order valence-corrected chi connectivity index (χ0v) is 14.7. The number of ether oxygens (including phenoxy) is 3. The maximum Gasteiger partial charge on any atom is 0.382 e. The van der Waals surface area contributed by atoms with Gasteiger partial charge >= 0.3 is 12.0 Å². The number of hydrogen-bond donors (Lipinski definition) is 0. The molecule has 0 aliphatic heterocycles. The predicted octanol–water partition coefficient (Wildman–Crippen LogP) is 3.03. The molecule has 0 saturated carbocycles. The van der Waals surface area contributed by atoms with Crippen molar-refractivity contribution in [2.75, 3.05) is 13.7 Å². The first-order chi connectivity index (χ1) is 12.6. The van der Waals surface area contributed by atoms with Crippen molar-refractivity contribution >= 4 is 5.97 Å². The molecule has 2 rings (SSSR count). The fourth-order valence-corrected chi connectivity index (χ4v) is 2.47. The molecule has 2 aromatic carbocycles. The Morgan fingerprint density at radius 3 is 2.50 bits per heavy atom. The lowest BCUT2D eigenvalue weighted by atomic mass is 10.0. The number of rotatable bonds is 9. The van der Waals surface area contributed by atoms with E-state index in [0.29, 0.717) is 17.1 Å². The molecule has 138 valence electrons. The lowest BCUT2D eigenvalue weighted by Crippen LogP contribution is -2.33. The second-order valence-electron chi connectivity index (χ2n) is 5.48. The third-order valence-corrected chi connectivity index (χ3v) is 3.73. The number of hydrogen-bond acceptors (Lipinski definition) is 6. The van der Waals surface area contributed by atoms with Gasteiger partial charge in [-0.05, 0) is 18.6 Å². The van der Waals surface area contributed by atoms with E-state index in [0.717, 1.165) is 5.56 Å². The summed E-state index contributed by atoms with van der Waals surface area (Å²) in [6.07, 6.45) is -0.146. The van der Waals surface area contributed by atoms with Gasteiger partial charge in [0.15, 0.2) is 11.5 Å². The topological polar surface area (TPSA) is 87.9 Å². The van der Waals surface area contributed by atoms with E-state index in [1.54, 1.807) is 25.1 Å². The van der Waals surface area contributed by atoms with E-state index in [1.807, 2.05) is 30.3 Å². The SMILES string of the molecule is CCOC(=O)C(Cc1cccc(OC)c1OCc1ccccc1)[N+](=O)[O-]. The number of nitro groups is 1. The average Bonchev–Trinajstić information content (AvgIpc) is 2.65. The Labute approximate surface area is 151 Å². The Morgan fingerprint density at radius 2 is 1.88 bits per heavy atom. The molecule has 0 radical (unpaired) electrons. The second kappa shape index (κ2) is 9.41. The average molecular weight is 359 g/mol. The van der Waals surface area contributed by atoms with Gasteiger partial charge in [-0.15, -0.1) is 0 Å². The highest BCUT2D eigenvalue weighted by molar-refractivity contribution is 5.75. The Balaban J connectivity index is 2.26. The van der Waals surface area contributed by atoms with Gasteiger partial charge in [-0.1, -0.05) is 42.5 Å². The summed E-state index contributed by atoms with van der Waals surface area (Å²) in [5.41, 5.74) is 1.45. The van der Waals surface area contributed by atoms with Crippen molar-refractivity contribution in [1.82, 2.24) is 0 Å². The Hall–Kier alpha value is -3.09. The molecule has 0 aliphatic rings. The number of methoxy groups -OCH3 is 1. The van der Waals surface area contributed by atoms with Gasteiger partial charge in [-0.2, -0.15) is 0 Å². The summed E-state index contributed by atoms with van der Waals surface area (Å²) in [5.74, 6) is -0.0336. The third-order valence-electron chi connectivity index (χ3n) is 3.73. The molecule has 1 atom stereocenters. The van der Waals surface area contributed by atoms with E-state index in [4.69, 9.17) is 14.2 Å². The van der Waals surface area contributed by atoms with Crippen LogP contribution >= 0.6 is 0 Å². The van der Waals surface area contributed by atoms with Gasteiger partial charge in [-0.3, -0.25) is 10.1 Å². The lowest BCUT2D eigenvalue weighted by molar-refractivity contribution is -0.510. The maximum atomic E-state index is 11.9. The molecular formula is C19H21NO6. The first-order valence-corrected chi connectivity index (χ1v) is 8.19. The maximum absolute atomic E-state index is 11.9. The number of carbonyl (C=O) groups excluding carboxylic acids is 1. The number of nitrogens with zero attached hydrogens (tertiary/aromatic N) is 1. The van der Waals surface area contributed by atoms with Gasteiger partial charge in [0.1, 0.15) is 6.61 Å². The zero-order valence-electron chi connectivity index (χ0n) is 14.7. The van der Waals surface area contributed by atoms with Crippen LogP contribution in [0.3, 0.4) is 0 Å². The number of para-hydroxylation sites is 1. The standard InChI is InChI=1S/C19H21NO6/c1-3-25-19(21)16(20(22)23)12-15-10-7-11-17(24-2)18(15)26-13-14-8-5-4-6-9-14/h4-11,16H,3,12-13H2,1-2H3. The molecule has 0 saturated heterocycles. The Morgan fingerprint density at radius 1 is 1.15 bits per heavy atom. The van der Waals surface area contributed by atoms with Crippen molar-refractivity contribution in [2.24, 2.45) is 0 Å². The summed E-state index contributed by atoms with van der Waals surface area (Å²) < 4.78 is 16.0. The highest BCUT2D eigenvalue weighted by Gasteiger charge is 2.33. The molecule has 0 aromatic heterocycles. The van der Waals surface area contributed by atoms with Crippen LogP contribution in [0, 0.1) is 10.1 Å². The van der Waals surface area contributed by atoms with Crippen LogP contribution in [0.5, 0.6) is 11.5 Å². The molecule has 0 fully saturated rings. The van der Waals surface area contributed by atoms with E-state index >= 15 is 0 Å². The van der Waals surface area contributed by atoms with E-state index in [1.165, 1.54) is 7.11 Å². The molecule has 0 amide bonds. The monoisotopic (exact) mass is 359 g/mol. The van der Waals surface area contributed by atoms with Crippen molar-refractivity contribution in [3.8, 4) is 11.5 Å². The van der Waals surface area contributed by atoms with Gasteiger partial charge in [-0.25, -0.2) is 4.79 Å². The van der Waals surface area contributed by atoms with E-state index in [-0.39, 0.29) is 19.6 Å². The van der Waals surface area contributed by atoms with Gasteiger partial charge in [0.2, 0.25) is 0 Å². The molecule has 0 bridgehead atoms. The third kappa shape index (κ3) is 4.95. The van der Waals surface area contributed by atoms with Crippen LogP contribution in [0.25, 0.3) is 0 Å². The summed E-state index contributed by atoms with van der Waals surface area (Å²) >= 11 is 0. The molecule has 26 heavy (non-hydrogen) atoms. The van der Waals surface area contributed by atoms with Crippen LogP contribution in [-0.4, -0.2) is 30.7 Å². The van der Waals surface area contributed by atoms with Gasteiger partial charge in [0, 0.05) is 10.5 Å². The van der Waals surface area contributed by atoms with Gasteiger partial charge < -0.3 is 14.2 Å². The van der Waals surface area contributed by atoms with Gasteiger partial charge in [0.25, 0.3) is 0 Å². The first kappa shape index (κ1) is 19.2. The van der Waals surface area contributed by atoms with Crippen molar-refractivity contribution in [3.63, 3.8) is 0 Å². The van der Waals surface area contributed by atoms with Crippen molar-refractivity contribution in [3.05, 3.63) is 69.8 Å². The normalized spacial score (nSPS) is 11.5. The summed E-state index contributed by atoms with van der Waals surface area (Å²) in [6, 6.07) is 13.1. The molecule has 0 aliphatic carbocycles. The van der Waals surface area contributed by atoms with Crippen molar-refractivity contribution in [2.45, 2.75) is 26.0 Å². The molecular weight excluding hydrogens is 338 g/mol. The number of carbonyl (C=O) groups is 1. The molecule has 0 N–H and O–H groups in total. The fourth-order valence-electron chi connectivity index (χ4n) is 2.47. The minimum Gasteiger partial charge on any atom is -0.493 e. The minimum absolute atomic E-state index is 0.0820. The van der Waals surface area contributed by atoms with Crippen molar-refractivity contribution < 1.29 is 23.9 Å². The fraction of sp³-hybridized carbons (Fsp3) is 0.316. The summed E-state index contributed by atoms with van der Waals surface area (Å²) in [4.78, 5) is 22.6. The summed E-state index contributed by atoms with van der Waals surface area (Å²) in [6.45, 7) is 1.96. The van der Waals surface area contributed by atoms with E-state index in [9.17, 15) is 14.9 Å². The minimum atomic E-state index is -1.50. The largest absolute Gasteiger partial charge is 0.493 e. The van der Waals surface area contributed by atoms with Crippen LogP contribution in [0.4, 0.5) is 0 Å². The molecule has 0 heterocycles. The molecule has 7 heteroatoms. The smallest absolute Gasteiger partial charge is 0.382 e. The Bertz CT molecular complexity index is 747. The molecule has 7 nitrogen and oxygen atoms in total. The lowest BCUT2D eigenvalue weighted by Gasteiger charge is -2.16. The van der Waals surface area contributed by atoms with Crippen LogP contribution in [0.1, 0.15) is 18.1 Å².